The van der Waals surface area contributed by atoms with E-state index in [9.17, 15) is 34.8 Å². The number of carbonyl (C=O) groups is 3. The van der Waals surface area contributed by atoms with E-state index in [0.717, 1.165) is 0 Å². The lowest BCUT2D eigenvalue weighted by Gasteiger charge is -2.47. The van der Waals surface area contributed by atoms with Gasteiger partial charge in [0.05, 0.1) is 36.0 Å². The minimum atomic E-state index is -2.04. The number of ether oxygens (including phenoxy) is 3. The van der Waals surface area contributed by atoms with Gasteiger partial charge in [-0.15, -0.1) is 0 Å². The number of aliphatic hydroxyl groups is 2. The Morgan fingerprint density at radius 2 is 1.79 bits per heavy atom. The molecule has 0 saturated carbocycles. The summed E-state index contributed by atoms with van der Waals surface area (Å²) in [4.78, 5) is 39.9. The molecule has 1 aliphatic heterocycles. The number of Topliss-reactive ketones (excluding diaryl/α,β-unsaturated/α-hetero) is 1. The number of aromatic hydroxyl groups is 2. The Hall–Kier alpha value is -3.35. The number of hydrogen-bond donors (Lipinski definition) is 5. The van der Waals surface area contributed by atoms with E-state index in [1.165, 1.54) is 39.2 Å². The lowest BCUT2D eigenvalue weighted by Crippen LogP contribution is -2.55. The Balaban J connectivity index is 1.73. The van der Waals surface area contributed by atoms with E-state index < -0.39 is 82.1 Å². The lowest BCUT2D eigenvalue weighted by molar-refractivity contribution is -0.273. The van der Waals surface area contributed by atoms with Crippen molar-refractivity contribution in [3.63, 3.8) is 0 Å². The van der Waals surface area contributed by atoms with Gasteiger partial charge in [-0.1, -0.05) is 12.1 Å². The number of phenols is 2. The molecule has 6 atom stereocenters. The molecule has 0 bridgehead atoms. The zero-order valence-corrected chi connectivity index (χ0v) is 22.0. The second-order valence-corrected chi connectivity index (χ2v) is 10.8. The van der Waals surface area contributed by atoms with Crippen molar-refractivity contribution in [2.45, 2.75) is 75.8 Å². The van der Waals surface area contributed by atoms with E-state index in [2.05, 4.69) is 0 Å². The highest BCUT2D eigenvalue weighted by molar-refractivity contribution is 6.31. The Morgan fingerprint density at radius 1 is 1.13 bits per heavy atom. The van der Waals surface area contributed by atoms with E-state index >= 15 is 0 Å². The highest BCUT2D eigenvalue weighted by Crippen LogP contribution is 2.54. The van der Waals surface area contributed by atoms with E-state index in [-0.39, 0.29) is 40.8 Å². The highest BCUT2D eigenvalue weighted by Gasteiger charge is 2.54. The molecule has 0 spiro atoms. The van der Waals surface area contributed by atoms with Gasteiger partial charge in [-0.25, -0.2) is 0 Å². The van der Waals surface area contributed by atoms with Gasteiger partial charge in [0.15, 0.2) is 17.9 Å². The standard InChI is InChI=1S/C28H31NO10/c1-11-22(31)15(29)8-17(38-11)39-27(3)10-28(36,12(2)30)9-14-21(27)26(35)20-19(24(14)33)23(32)13-6-5-7-16(37-4)18(13)25(20)34/h5-7,11,15,17,22,31,33,35-36H,8-10,29H2,1-4H3/t11?,15?,17?,22?,27-,28-/m0/s1. The SMILES string of the molecule is COc1cccc2c1C(=O)c1c(O)c3c(c(O)c1C2=O)C[C@@](O)(C(C)=O)C[C@]3(C)OC1CC(N)C(O)C(C)O1. The maximum Gasteiger partial charge on any atom is 0.202 e. The number of phenolic OH excluding ortho intramolecular Hbond substituents is 2. The quantitative estimate of drug-likeness (QED) is 0.299. The third-order valence-corrected chi connectivity index (χ3v) is 8.15. The van der Waals surface area contributed by atoms with Gasteiger partial charge in [-0.2, -0.15) is 0 Å². The molecule has 2 aliphatic carbocycles. The number of aliphatic hydroxyl groups excluding tert-OH is 1. The molecule has 11 heteroatoms. The van der Waals surface area contributed by atoms with Crippen LogP contribution >= 0.6 is 0 Å². The molecule has 11 nitrogen and oxygen atoms in total. The van der Waals surface area contributed by atoms with E-state index in [4.69, 9.17) is 19.9 Å². The zero-order valence-electron chi connectivity index (χ0n) is 22.0. The normalized spacial score (nSPS) is 31.8. The summed E-state index contributed by atoms with van der Waals surface area (Å²) in [6.07, 6.45) is -3.42. The molecule has 1 fully saturated rings. The number of ketones is 3. The van der Waals surface area contributed by atoms with Crippen LogP contribution in [0.3, 0.4) is 0 Å². The molecule has 5 rings (SSSR count). The molecule has 4 unspecified atom stereocenters. The van der Waals surface area contributed by atoms with Gasteiger partial charge in [-0.05, 0) is 26.8 Å². The van der Waals surface area contributed by atoms with Crippen molar-refractivity contribution in [3.05, 3.63) is 51.6 Å². The number of rotatable bonds is 4. The number of benzene rings is 2. The van der Waals surface area contributed by atoms with Gasteiger partial charge in [0.1, 0.15) is 28.5 Å². The zero-order chi connectivity index (χ0) is 28.6. The molecule has 1 saturated heterocycles. The number of carbonyl (C=O) groups excluding carboxylic acids is 3. The van der Waals surface area contributed by atoms with Crippen molar-refractivity contribution < 1.29 is 49.0 Å². The number of fused-ring (bicyclic) bond motifs is 3. The van der Waals surface area contributed by atoms with E-state index in [1.54, 1.807) is 6.92 Å². The predicted molar refractivity (Wildman–Crippen MR) is 135 cm³/mol. The van der Waals surface area contributed by atoms with Crippen molar-refractivity contribution in [3.8, 4) is 17.2 Å². The Labute approximate surface area is 224 Å². The van der Waals surface area contributed by atoms with Crippen LogP contribution in [0.25, 0.3) is 0 Å². The molecule has 0 amide bonds. The molecule has 2 aromatic carbocycles. The Morgan fingerprint density at radius 3 is 2.41 bits per heavy atom. The van der Waals surface area contributed by atoms with Gasteiger partial charge in [0, 0.05) is 42.0 Å². The topological polar surface area (TPSA) is 186 Å². The third-order valence-electron chi connectivity index (χ3n) is 8.15. The average molecular weight is 542 g/mol. The van der Waals surface area contributed by atoms with Crippen LogP contribution in [0.15, 0.2) is 18.2 Å². The van der Waals surface area contributed by atoms with E-state index in [1.807, 2.05) is 0 Å². The van der Waals surface area contributed by atoms with Gasteiger partial charge in [-0.3, -0.25) is 14.4 Å². The fourth-order valence-electron chi connectivity index (χ4n) is 6.14. The van der Waals surface area contributed by atoms with Crippen molar-refractivity contribution in [2.75, 3.05) is 7.11 Å². The second-order valence-electron chi connectivity index (χ2n) is 10.8. The maximum absolute atomic E-state index is 13.7. The first kappa shape index (κ1) is 27.2. The van der Waals surface area contributed by atoms with Crippen LogP contribution < -0.4 is 10.5 Å². The second kappa shape index (κ2) is 9.10. The number of nitrogens with two attached hydrogens (primary N) is 1. The largest absolute Gasteiger partial charge is 0.507 e. The van der Waals surface area contributed by atoms with E-state index in [0.29, 0.717) is 0 Å². The van der Waals surface area contributed by atoms with Gasteiger partial charge < -0.3 is 40.4 Å². The van der Waals surface area contributed by atoms with Crippen LogP contribution in [0, 0.1) is 0 Å². The van der Waals surface area contributed by atoms with Crippen molar-refractivity contribution in [1.82, 2.24) is 0 Å². The Bertz CT molecular complexity index is 1410. The first-order valence-corrected chi connectivity index (χ1v) is 12.6. The summed E-state index contributed by atoms with van der Waals surface area (Å²) >= 11 is 0. The molecule has 208 valence electrons. The minimum Gasteiger partial charge on any atom is -0.507 e. The van der Waals surface area contributed by atoms with Gasteiger partial charge in [0.2, 0.25) is 5.78 Å². The van der Waals surface area contributed by atoms with Crippen LogP contribution in [0.2, 0.25) is 0 Å². The molecular weight excluding hydrogens is 510 g/mol. The molecule has 1 heterocycles. The van der Waals surface area contributed by atoms with Crippen molar-refractivity contribution >= 4 is 17.3 Å². The van der Waals surface area contributed by atoms with Gasteiger partial charge >= 0.3 is 0 Å². The summed E-state index contributed by atoms with van der Waals surface area (Å²) in [5, 5.41) is 44.6. The monoisotopic (exact) mass is 541 g/mol. The summed E-state index contributed by atoms with van der Waals surface area (Å²) in [7, 11) is 1.34. The fraction of sp³-hybridized carbons (Fsp3) is 0.464. The molecule has 39 heavy (non-hydrogen) atoms. The first-order valence-electron chi connectivity index (χ1n) is 12.6. The van der Waals surface area contributed by atoms with Gasteiger partial charge in [0.25, 0.3) is 0 Å². The first-order chi connectivity index (χ1) is 18.2. The maximum atomic E-state index is 13.7. The van der Waals surface area contributed by atoms with Crippen molar-refractivity contribution in [2.24, 2.45) is 5.73 Å². The number of hydrogen-bond acceptors (Lipinski definition) is 11. The highest BCUT2D eigenvalue weighted by atomic mass is 16.7. The number of methoxy groups -OCH3 is 1. The summed E-state index contributed by atoms with van der Waals surface area (Å²) < 4.78 is 17.3. The van der Waals surface area contributed by atoms with Crippen LogP contribution in [0.5, 0.6) is 17.2 Å². The fourth-order valence-corrected chi connectivity index (χ4v) is 6.14. The Kier molecular flexibility index (Phi) is 6.36. The van der Waals surface area contributed by atoms with Crippen LogP contribution in [0.1, 0.15) is 76.6 Å². The van der Waals surface area contributed by atoms with Crippen LogP contribution in [-0.4, -0.2) is 75.0 Å². The summed E-state index contributed by atoms with van der Waals surface area (Å²) in [5.41, 5.74) is 1.24. The van der Waals surface area contributed by atoms with Crippen LogP contribution in [-0.2, 0) is 26.3 Å². The average Bonchev–Trinajstić information content (AvgIpc) is 2.86. The third kappa shape index (κ3) is 3.95. The smallest absolute Gasteiger partial charge is 0.202 e. The van der Waals surface area contributed by atoms with Crippen molar-refractivity contribution in [1.29, 1.82) is 0 Å². The molecule has 3 aliphatic rings. The summed E-state index contributed by atoms with van der Waals surface area (Å²) in [6, 6.07) is 3.74. The summed E-state index contributed by atoms with van der Waals surface area (Å²) in [6.45, 7) is 4.28. The molecule has 0 aromatic heterocycles. The molecule has 2 aromatic rings. The molecular formula is C28H31NO10. The van der Waals surface area contributed by atoms with Crippen LogP contribution in [0.4, 0.5) is 0 Å². The predicted octanol–water partition coefficient (Wildman–Crippen LogP) is 1.20. The summed E-state index contributed by atoms with van der Waals surface area (Å²) in [5.74, 6) is -3.22. The molecule has 6 N–H and O–H groups in total. The lowest BCUT2D eigenvalue weighted by atomic mass is 9.67. The molecule has 0 radical (unpaired) electrons. The minimum absolute atomic E-state index is 0.0183.